The van der Waals surface area contributed by atoms with E-state index in [1.165, 1.54) is 17.8 Å². The maximum Gasteiger partial charge on any atom is 0.358 e. The number of thioether (sulfide) groups is 1. The van der Waals surface area contributed by atoms with E-state index in [9.17, 15) is 9.18 Å². The number of esters is 1. The summed E-state index contributed by atoms with van der Waals surface area (Å²) < 4.78 is 26.9. The molecule has 3 aromatic rings. The van der Waals surface area contributed by atoms with Crippen LogP contribution in [0, 0.1) is 12.7 Å². The fraction of sp³-hybridized carbons (Fsp3) is 0.273. The second-order valence-corrected chi connectivity index (χ2v) is 8.42. The minimum atomic E-state index is -0.481. The van der Waals surface area contributed by atoms with Crippen LogP contribution >= 0.6 is 35.0 Å². The maximum absolute atomic E-state index is 14.2. The highest BCUT2D eigenvalue weighted by atomic mass is 35.5. The molecule has 3 rings (SSSR count). The summed E-state index contributed by atoms with van der Waals surface area (Å²) in [5.74, 6) is -0.387. The van der Waals surface area contributed by atoms with Crippen LogP contribution in [0.15, 0.2) is 42.5 Å². The fourth-order valence-corrected chi connectivity index (χ4v) is 4.22. The fourth-order valence-electron chi connectivity index (χ4n) is 3.03. The molecular formula is C22H21Cl2FN2O3S. The monoisotopic (exact) mass is 482 g/mol. The molecular weight excluding hydrogens is 462 g/mol. The van der Waals surface area contributed by atoms with Crippen LogP contribution in [0.2, 0.25) is 10.0 Å². The number of halogens is 3. The van der Waals surface area contributed by atoms with Crippen molar-refractivity contribution < 1.29 is 18.7 Å². The molecule has 0 amide bonds. The highest BCUT2D eigenvalue weighted by Crippen LogP contribution is 2.37. The number of aromatic nitrogens is 2. The Kier molecular flexibility index (Phi) is 7.86. The number of aryl methyl sites for hydroxylation is 1. The van der Waals surface area contributed by atoms with Crippen molar-refractivity contribution in [2.24, 2.45) is 0 Å². The molecule has 0 saturated carbocycles. The third-order valence-corrected chi connectivity index (χ3v) is 5.86. The first-order valence-corrected chi connectivity index (χ1v) is 11.5. The zero-order valence-electron chi connectivity index (χ0n) is 17.2. The van der Waals surface area contributed by atoms with Gasteiger partial charge in [-0.2, -0.15) is 5.10 Å². The van der Waals surface area contributed by atoms with E-state index in [0.717, 1.165) is 11.3 Å². The summed E-state index contributed by atoms with van der Waals surface area (Å²) in [7, 11) is 0. The van der Waals surface area contributed by atoms with Crippen LogP contribution in [0.5, 0.6) is 5.75 Å². The lowest BCUT2D eigenvalue weighted by Crippen LogP contribution is -2.13. The van der Waals surface area contributed by atoms with E-state index < -0.39 is 11.8 Å². The van der Waals surface area contributed by atoms with Gasteiger partial charge in [0.1, 0.15) is 23.5 Å². The van der Waals surface area contributed by atoms with Crippen LogP contribution in [0.25, 0.3) is 0 Å². The second-order valence-electron chi connectivity index (χ2n) is 6.63. The molecule has 0 fully saturated rings. The molecule has 0 aliphatic heterocycles. The lowest BCUT2D eigenvalue weighted by Gasteiger charge is -2.21. The number of carbonyl (C=O) groups is 1. The van der Waals surface area contributed by atoms with Gasteiger partial charge in [-0.15, -0.1) is 11.8 Å². The first-order chi connectivity index (χ1) is 14.8. The number of rotatable bonds is 8. The number of nitrogens with zero attached hydrogens (tertiary/aromatic N) is 2. The van der Waals surface area contributed by atoms with Crippen molar-refractivity contribution in [2.75, 3.05) is 12.9 Å². The summed E-state index contributed by atoms with van der Waals surface area (Å²) in [5.41, 5.74) is 2.13. The van der Waals surface area contributed by atoms with E-state index in [-0.39, 0.29) is 24.3 Å². The molecule has 0 aliphatic rings. The maximum atomic E-state index is 14.2. The Morgan fingerprint density at radius 2 is 1.90 bits per heavy atom. The predicted octanol–water partition coefficient (Wildman–Crippen LogP) is 6.30. The van der Waals surface area contributed by atoms with Crippen LogP contribution < -0.4 is 4.74 Å². The van der Waals surface area contributed by atoms with Crippen molar-refractivity contribution in [1.29, 1.82) is 0 Å². The molecule has 2 aromatic carbocycles. The lowest BCUT2D eigenvalue weighted by atomic mass is 10.2. The van der Waals surface area contributed by atoms with Crippen molar-refractivity contribution in [1.82, 2.24) is 9.78 Å². The molecule has 1 unspecified atom stereocenters. The van der Waals surface area contributed by atoms with Gasteiger partial charge < -0.3 is 9.47 Å². The van der Waals surface area contributed by atoms with E-state index in [1.807, 2.05) is 13.2 Å². The summed E-state index contributed by atoms with van der Waals surface area (Å²) in [6.07, 6.45) is 1.92. The van der Waals surface area contributed by atoms with Gasteiger partial charge in [-0.05, 0) is 56.5 Å². The van der Waals surface area contributed by atoms with Gasteiger partial charge in [-0.25, -0.2) is 9.18 Å². The van der Waals surface area contributed by atoms with Gasteiger partial charge in [-0.1, -0.05) is 29.3 Å². The Morgan fingerprint density at radius 1 is 1.19 bits per heavy atom. The summed E-state index contributed by atoms with van der Waals surface area (Å²) in [4.78, 5) is 12.1. The smallest absolute Gasteiger partial charge is 0.358 e. The average Bonchev–Trinajstić information content (AvgIpc) is 3.11. The van der Waals surface area contributed by atoms with E-state index in [0.29, 0.717) is 21.4 Å². The van der Waals surface area contributed by atoms with E-state index >= 15 is 0 Å². The first-order valence-electron chi connectivity index (χ1n) is 9.46. The summed E-state index contributed by atoms with van der Waals surface area (Å²) in [6, 6.07) is 11.3. The molecule has 31 heavy (non-hydrogen) atoms. The Hall–Kier alpha value is -2.22. The zero-order valence-corrected chi connectivity index (χ0v) is 19.5. The Bertz CT molecular complexity index is 1090. The molecule has 0 bridgehead atoms. The Morgan fingerprint density at radius 3 is 2.58 bits per heavy atom. The average molecular weight is 483 g/mol. The summed E-state index contributed by atoms with van der Waals surface area (Å²) in [5, 5.41) is 4.95. The second kappa shape index (κ2) is 10.4. The van der Waals surface area contributed by atoms with Gasteiger partial charge in [0.05, 0.1) is 6.61 Å². The van der Waals surface area contributed by atoms with Crippen molar-refractivity contribution in [3.8, 4) is 5.75 Å². The molecule has 0 saturated heterocycles. The molecule has 1 aromatic heterocycles. The van der Waals surface area contributed by atoms with Crippen LogP contribution in [0.3, 0.4) is 0 Å². The van der Waals surface area contributed by atoms with Gasteiger partial charge in [-0.3, -0.25) is 4.68 Å². The topological polar surface area (TPSA) is 53.4 Å². The highest BCUT2D eigenvalue weighted by molar-refractivity contribution is 7.98. The summed E-state index contributed by atoms with van der Waals surface area (Å²) in [6.45, 7) is 3.88. The molecule has 0 N–H and O–H groups in total. The first kappa shape index (κ1) is 23.4. The van der Waals surface area contributed by atoms with Crippen molar-refractivity contribution in [3.63, 3.8) is 0 Å². The van der Waals surface area contributed by atoms with Gasteiger partial charge in [0.2, 0.25) is 0 Å². The van der Waals surface area contributed by atoms with Crippen LogP contribution in [-0.4, -0.2) is 28.6 Å². The largest absolute Gasteiger partial charge is 0.488 e. The van der Waals surface area contributed by atoms with E-state index in [4.69, 9.17) is 32.7 Å². The van der Waals surface area contributed by atoms with Crippen LogP contribution in [0.4, 0.5) is 4.39 Å². The Labute approximate surface area is 194 Å². The standard InChI is InChI=1S/C22H21Cl2FN2O3S/c1-4-29-22(28)19-9-13(2)27(26-19)21(31-3)17-10-15(23)7-8-20(17)30-12-14-5-6-16(24)11-18(14)25/h5-11,21H,4,12H2,1-3H3. The highest BCUT2D eigenvalue weighted by Gasteiger charge is 2.23. The van der Waals surface area contributed by atoms with Gasteiger partial charge in [0, 0.05) is 26.9 Å². The third-order valence-electron chi connectivity index (χ3n) is 4.49. The number of hydrogen-bond acceptors (Lipinski definition) is 5. The van der Waals surface area contributed by atoms with Crippen LogP contribution in [-0.2, 0) is 11.3 Å². The summed E-state index contributed by atoms with van der Waals surface area (Å²) >= 11 is 13.6. The quantitative estimate of drug-likeness (QED) is 0.352. The van der Waals surface area contributed by atoms with Gasteiger partial charge in [0.15, 0.2) is 5.69 Å². The van der Waals surface area contributed by atoms with Crippen molar-refractivity contribution in [2.45, 2.75) is 25.8 Å². The normalized spacial score (nSPS) is 11.9. The molecule has 164 valence electrons. The van der Waals surface area contributed by atoms with E-state index in [1.54, 1.807) is 48.0 Å². The van der Waals surface area contributed by atoms with Gasteiger partial charge >= 0.3 is 5.97 Å². The molecule has 0 radical (unpaired) electrons. The third kappa shape index (κ3) is 5.53. The number of ether oxygens (including phenoxy) is 2. The zero-order chi connectivity index (χ0) is 22.5. The van der Waals surface area contributed by atoms with Crippen LogP contribution in [0.1, 0.15) is 39.6 Å². The molecule has 0 aliphatic carbocycles. The number of hydrogen-bond donors (Lipinski definition) is 0. The molecule has 0 spiro atoms. The molecule has 1 atom stereocenters. The molecule has 9 heteroatoms. The lowest BCUT2D eigenvalue weighted by molar-refractivity contribution is 0.0518. The van der Waals surface area contributed by atoms with Crippen molar-refractivity contribution in [3.05, 3.63) is 80.8 Å². The minimum Gasteiger partial charge on any atom is -0.488 e. The Balaban J connectivity index is 1.93. The molecule has 5 nitrogen and oxygen atoms in total. The van der Waals surface area contributed by atoms with Crippen molar-refractivity contribution >= 4 is 40.9 Å². The van der Waals surface area contributed by atoms with E-state index in [2.05, 4.69) is 5.10 Å². The number of benzene rings is 2. The molecule has 1 heterocycles. The number of carbonyl (C=O) groups excluding carboxylic acids is 1. The SMILES string of the molecule is CCOC(=O)c1cc(C)n(C(SC)c2cc(Cl)ccc2OCc2ccc(Cl)cc2F)n1. The van der Waals surface area contributed by atoms with Gasteiger partial charge in [0.25, 0.3) is 0 Å². The minimum absolute atomic E-state index is 0.0188. The predicted molar refractivity (Wildman–Crippen MR) is 122 cm³/mol.